The van der Waals surface area contributed by atoms with Gasteiger partial charge in [-0.15, -0.1) is 0 Å². The average molecular weight is 261 g/mol. The van der Waals surface area contributed by atoms with Crippen molar-refractivity contribution in [3.05, 3.63) is 39.4 Å². The average Bonchev–Trinajstić information content (AvgIpc) is 2.89. The van der Waals surface area contributed by atoms with Crippen LogP contribution in [-0.2, 0) is 0 Å². The smallest absolute Gasteiger partial charge is 0.267 e. The number of nitrogens with zero attached hydrogens (tertiary/aromatic N) is 2. The number of aryl methyl sites for hydroxylation is 1. The second-order valence-electron chi connectivity index (χ2n) is 4.58. The summed E-state index contributed by atoms with van der Waals surface area (Å²) in [4.78, 5) is 22.2. The Morgan fingerprint density at radius 3 is 2.68 bits per heavy atom. The number of carbonyl (C=O) groups excluding carboxylic acids is 1. The highest BCUT2D eigenvalue weighted by molar-refractivity contribution is 5.96. The zero-order valence-electron chi connectivity index (χ0n) is 10.7. The molecular formula is C13H15N3O3. The first-order valence-electron chi connectivity index (χ1n) is 6.19. The maximum Gasteiger partial charge on any atom is 0.273 e. The molecule has 1 aromatic carbocycles. The Kier molecular flexibility index (Phi) is 3.89. The predicted octanol–water partition coefficient (Wildman–Crippen LogP) is 2.56. The standard InChI is InChI=1S/C13H15N3O3/c1-9-6-7-10(8-12(9)16(18)19)13(17)15-14-11-4-2-3-5-11/h6-8H,2-5H2,1H3,(H,15,17). The molecule has 0 spiro atoms. The molecule has 1 fully saturated rings. The molecular weight excluding hydrogens is 246 g/mol. The van der Waals surface area contributed by atoms with Gasteiger partial charge in [-0.2, -0.15) is 5.10 Å². The molecule has 0 bridgehead atoms. The fraction of sp³-hybridized carbons (Fsp3) is 0.385. The summed E-state index contributed by atoms with van der Waals surface area (Å²) in [6.45, 7) is 1.64. The van der Waals surface area contributed by atoms with E-state index in [2.05, 4.69) is 10.5 Å². The van der Waals surface area contributed by atoms with Gasteiger partial charge in [-0.25, -0.2) is 5.43 Å². The lowest BCUT2D eigenvalue weighted by atomic mass is 10.1. The predicted molar refractivity (Wildman–Crippen MR) is 71.2 cm³/mol. The number of amides is 1. The van der Waals surface area contributed by atoms with Crippen LogP contribution < -0.4 is 5.43 Å². The van der Waals surface area contributed by atoms with E-state index in [0.717, 1.165) is 31.4 Å². The van der Waals surface area contributed by atoms with Crippen LogP contribution in [-0.4, -0.2) is 16.5 Å². The number of benzene rings is 1. The second kappa shape index (κ2) is 5.60. The van der Waals surface area contributed by atoms with Gasteiger partial charge < -0.3 is 0 Å². The SMILES string of the molecule is Cc1ccc(C(=O)NN=C2CCCC2)cc1[N+](=O)[O-]. The van der Waals surface area contributed by atoms with E-state index in [0.29, 0.717) is 5.56 Å². The van der Waals surface area contributed by atoms with Crippen molar-refractivity contribution in [2.45, 2.75) is 32.6 Å². The summed E-state index contributed by atoms with van der Waals surface area (Å²) < 4.78 is 0. The molecule has 0 radical (unpaired) electrons. The molecule has 1 saturated carbocycles. The molecule has 0 unspecified atom stereocenters. The largest absolute Gasteiger partial charge is 0.273 e. The van der Waals surface area contributed by atoms with Crippen LogP contribution in [0.5, 0.6) is 0 Å². The summed E-state index contributed by atoms with van der Waals surface area (Å²) in [7, 11) is 0. The van der Waals surface area contributed by atoms with Gasteiger partial charge >= 0.3 is 0 Å². The molecule has 6 heteroatoms. The normalized spacial score (nSPS) is 14.3. The highest BCUT2D eigenvalue weighted by atomic mass is 16.6. The lowest BCUT2D eigenvalue weighted by Gasteiger charge is -2.03. The first-order chi connectivity index (χ1) is 9.08. The van der Waals surface area contributed by atoms with Crippen LogP contribution >= 0.6 is 0 Å². The first kappa shape index (κ1) is 13.2. The van der Waals surface area contributed by atoms with Crippen molar-refractivity contribution >= 4 is 17.3 Å². The Bertz CT molecular complexity index is 544. The minimum Gasteiger partial charge on any atom is -0.267 e. The van der Waals surface area contributed by atoms with Gasteiger partial charge in [-0.3, -0.25) is 14.9 Å². The number of carbonyl (C=O) groups is 1. The lowest BCUT2D eigenvalue weighted by Crippen LogP contribution is -2.19. The van der Waals surface area contributed by atoms with Crippen molar-refractivity contribution in [2.24, 2.45) is 5.10 Å². The van der Waals surface area contributed by atoms with Crippen molar-refractivity contribution in [1.29, 1.82) is 0 Å². The zero-order chi connectivity index (χ0) is 13.8. The number of nitrogens with one attached hydrogen (secondary N) is 1. The minimum absolute atomic E-state index is 0.0545. The summed E-state index contributed by atoms with van der Waals surface area (Å²) in [5, 5.41) is 14.9. The fourth-order valence-corrected chi connectivity index (χ4v) is 2.04. The Morgan fingerprint density at radius 2 is 2.05 bits per heavy atom. The van der Waals surface area contributed by atoms with Crippen molar-refractivity contribution < 1.29 is 9.72 Å². The summed E-state index contributed by atoms with van der Waals surface area (Å²) >= 11 is 0. The number of hydrazone groups is 1. The molecule has 0 atom stereocenters. The highest BCUT2D eigenvalue weighted by Crippen LogP contribution is 2.19. The Labute approximate surface area is 110 Å². The molecule has 1 amide bonds. The number of hydrogen-bond acceptors (Lipinski definition) is 4. The molecule has 1 aliphatic carbocycles. The number of rotatable bonds is 3. The van der Waals surface area contributed by atoms with Gasteiger partial charge in [0, 0.05) is 22.9 Å². The Hall–Kier alpha value is -2.24. The van der Waals surface area contributed by atoms with Crippen LogP contribution in [0.25, 0.3) is 0 Å². The third-order valence-electron chi connectivity index (χ3n) is 3.16. The van der Waals surface area contributed by atoms with Gasteiger partial charge in [0.1, 0.15) is 0 Å². The third-order valence-corrected chi connectivity index (χ3v) is 3.16. The summed E-state index contributed by atoms with van der Waals surface area (Å²) in [6, 6.07) is 4.40. The number of hydrogen-bond donors (Lipinski definition) is 1. The van der Waals surface area contributed by atoms with Crippen LogP contribution in [0.2, 0.25) is 0 Å². The molecule has 1 aromatic rings. The van der Waals surface area contributed by atoms with Crippen LogP contribution in [0.1, 0.15) is 41.6 Å². The Balaban J connectivity index is 2.12. The molecule has 0 heterocycles. The van der Waals surface area contributed by atoms with E-state index in [9.17, 15) is 14.9 Å². The number of nitro groups is 1. The van der Waals surface area contributed by atoms with Gasteiger partial charge in [0.05, 0.1) is 4.92 Å². The van der Waals surface area contributed by atoms with Crippen LogP contribution in [0.3, 0.4) is 0 Å². The quantitative estimate of drug-likeness (QED) is 0.670. The van der Waals surface area contributed by atoms with Gasteiger partial charge in [0.25, 0.3) is 11.6 Å². The third kappa shape index (κ3) is 3.15. The molecule has 100 valence electrons. The van der Waals surface area contributed by atoms with E-state index in [4.69, 9.17) is 0 Å². The summed E-state index contributed by atoms with van der Waals surface area (Å²) in [5.41, 5.74) is 4.16. The van der Waals surface area contributed by atoms with Crippen LogP contribution in [0, 0.1) is 17.0 Å². The molecule has 2 rings (SSSR count). The summed E-state index contributed by atoms with van der Waals surface area (Å²) in [5.74, 6) is -0.414. The van der Waals surface area contributed by atoms with E-state index < -0.39 is 10.8 Å². The van der Waals surface area contributed by atoms with Crippen LogP contribution in [0.4, 0.5) is 5.69 Å². The zero-order valence-corrected chi connectivity index (χ0v) is 10.7. The van der Waals surface area contributed by atoms with Gasteiger partial charge in [-0.1, -0.05) is 6.07 Å². The second-order valence-corrected chi connectivity index (χ2v) is 4.58. The number of nitro benzene ring substituents is 1. The highest BCUT2D eigenvalue weighted by Gasteiger charge is 2.15. The maximum atomic E-state index is 11.8. The van der Waals surface area contributed by atoms with Gasteiger partial charge in [0.15, 0.2) is 0 Å². The lowest BCUT2D eigenvalue weighted by molar-refractivity contribution is -0.385. The van der Waals surface area contributed by atoms with Gasteiger partial charge in [-0.05, 0) is 38.7 Å². The van der Waals surface area contributed by atoms with Gasteiger partial charge in [0.2, 0.25) is 0 Å². The molecule has 19 heavy (non-hydrogen) atoms. The Morgan fingerprint density at radius 1 is 1.37 bits per heavy atom. The molecule has 1 aliphatic rings. The van der Waals surface area contributed by atoms with Crippen molar-refractivity contribution in [3.8, 4) is 0 Å². The van der Waals surface area contributed by atoms with Crippen molar-refractivity contribution in [1.82, 2.24) is 5.43 Å². The first-order valence-corrected chi connectivity index (χ1v) is 6.19. The molecule has 6 nitrogen and oxygen atoms in total. The molecule has 0 aromatic heterocycles. The van der Waals surface area contributed by atoms with Crippen LogP contribution in [0.15, 0.2) is 23.3 Å². The van der Waals surface area contributed by atoms with Crippen molar-refractivity contribution in [3.63, 3.8) is 0 Å². The van der Waals surface area contributed by atoms with E-state index >= 15 is 0 Å². The maximum absolute atomic E-state index is 11.8. The van der Waals surface area contributed by atoms with E-state index in [1.165, 1.54) is 6.07 Å². The summed E-state index contributed by atoms with van der Waals surface area (Å²) in [6.07, 6.45) is 4.03. The van der Waals surface area contributed by atoms with E-state index in [-0.39, 0.29) is 11.3 Å². The fourth-order valence-electron chi connectivity index (χ4n) is 2.04. The molecule has 1 N–H and O–H groups in total. The monoisotopic (exact) mass is 261 g/mol. The molecule has 0 saturated heterocycles. The topological polar surface area (TPSA) is 84.6 Å². The van der Waals surface area contributed by atoms with E-state index in [1.54, 1.807) is 19.1 Å². The van der Waals surface area contributed by atoms with E-state index in [1.807, 2.05) is 0 Å². The minimum atomic E-state index is -0.491. The van der Waals surface area contributed by atoms with Crippen molar-refractivity contribution in [2.75, 3.05) is 0 Å². The molecule has 0 aliphatic heterocycles.